The fourth-order valence-electron chi connectivity index (χ4n) is 3.92. The molecule has 1 fully saturated rings. The predicted molar refractivity (Wildman–Crippen MR) is 120 cm³/mol. The summed E-state index contributed by atoms with van der Waals surface area (Å²) in [5.41, 5.74) is 1.30. The first-order chi connectivity index (χ1) is 15.3. The van der Waals surface area contributed by atoms with E-state index in [4.69, 9.17) is 0 Å². The molecule has 4 aromatic rings. The number of aromatic amines is 1. The van der Waals surface area contributed by atoms with Gasteiger partial charge in [0.15, 0.2) is 5.43 Å². The Balaban J connectivity index is 1.47. The van der Waals surface area contributed by atoms with Crippen LogP contribution in [0.5, 0.6) is 0 Å². The van der Waals surface area contributed by atoms with E-state index in [1.807, 2.05) is 12.1 Å². The summed E-state index contributed by atoms with van der Waals surface area (Å²) >= 11 is 0. The summed E-state index contributed by atoms with van der Waals surface area (Å²) < 4.78 is 0. The van der Waals surface area contributed by atoms with Crippen molar-refractivity contribution in [1.29, 1.82) is 0 Å². The lowest BCUT2D eigenvalue weighted by molar-refractivity contribution is -0.123. The van der Waals surface area contributed by atoms with E-state index in [2.05, 4.69) is 20.9 Å². The lowest BCUT2D eigenvalue weighted by Gasteiger charge is -2.21. The fourth-order valence-corrected chi connectivity index (χ4v) is 3.92. The summed E-state index contributed by atoms with van der Waals surface area (Å²) in [5, 5.41) is 8.58. The zero-order chi connectivity index (χ0) is 22.5. The number of hydrogen-bond acceptors (Lipinski definition) is 4. The molecule has 1 aliphatic heterocycles. The van der Waals surface area contributed by atoms with Crippen molar-refractivity contribution in [2.45, 2.75) is 12.5 Å². The number of urea groups is 1. The minimum atomic E-state index is -1.23. The van der Waals surface area contributed by atoms with Gasteiger partial charge in [0.2, 0.25) is 0 Å². The number of carbonyl (C=O) groups is 3. The standard InChI is InChI=1S/C24H18N4O4/c1-24(22(31)27-23(32)28-24)14-5-4-6-15(12-14)25-21(30)13-9-10-19-17(11-13)20(29)16-7-2-3-8-18(16)26-19/h2-12H,1H3,(H,25,30)(H,26,29)(H2,27,28,31,32). The smallest absolute Gasteiger partial charge is 0.322 e. The van der Waals surface area contributed by atoms with Crippen molar-refractivity contribution in [2.75, 3.05) is 5.32 Å². The highest BCUT2D eigenvalue weighted by atomic mass is 16.2. The number of rotatable bonds is 3. The number of amides is 4. The third-order valence-electron chi connectivity index (χ3n) is 5.71. The van der Waals surface area contributed by atoms with E-state index in [-0.39, 0.29) is 5.43 Å². The van der Waals surface area contributed by atoms with Crippen molar-refractivity contribution < 1.29 is 14.4 Å². The van der Waals surface area contributed by atoms with Gasteiger partial charge in [-0.3, -0.25) is 19.7 Å². The van der Waals surface area contributed by atoms with Crippen LogP contribution in [-0.2, 0) is 10.3 Å². The number of aromatic nitrogens is 1. The predicted octanol–water partition coefficient (Wildman–Crippen LogP) is 2.99. The summed E-state index contributed by atoms with van der Waals surface area (Å²) in [4.78, 5) is 52.7. The largest absolute Gasteiger partial charge is 0.354 e. The van der Waals surface area contributed by atoms with Gasteiger partial charge in [-0.05, 0) is 55.0 Å². The molecule has 0 bridgehead atoms. The van der Waals surface area contributed by atoms with Gasteiger partial charge in [0.05, 0.1) is 0 Å². The molecule has 1 saturated heterocycles. The van der Waals surface area contributed by atoms with Gasteiger partial charge in [-0.25, -0.2) is 4.79 Å². The molecule has 4 N–H and O–H groups in total. The maximum Gasteiger partial charge on any atom is 0.322 e. The lowest BCUT2D eigenvalue weighted by atomic mass is 9.92. The lowest BCUT2D eigenvalue weighted by Crippen LogP contribution is -2.40. The molecule has 8 nitrogen and oxygen atoms in total. The molecule has 0 radical (unpaired) electrons. The van der Waals surface area contributed by atoms with Crippen LogP contribution in [0.25, 0.3) is 21.8 Å². The Morgan fingerprint density at radius 2 is 1.66 bits per heavy atom. The number of carbonyl (C=O) groups excluding carboxylic acids is 3. The van der Waals surface area contributed by atoms with Gasteiger partial charge in [-0.2, -0.15) is 0 Å². The number of H-pyrrole nitrogens is 1. The van der Waals surface area contributed by atoms with E-state index >= 15 is 0 Å². The quantitative estimate of drug-likeness (QED) is 0.297. The van der Waals surface area contributed by atoms with Crippen LogP contribution in [0.1, 0.15) is 22.8 Å². The van der Waals surface area contributed by atoms with E-state index in [1.165, 1.54) is 0 Å². The molecule has 32 heavy (non-hydrogen) atoms. The van der Waals surface area contributed by atoms with Gasteiger partial charge in [0.1, 0.15) is 5.54 Å². The molecule has 1 unspecified atom stereocenters. The second-order valence-corrected chi connectivity index (χ2v) is 7.83. The average molecular weight is 426 g/mol. The molecule has 1 aliphatic rings. The topological polar surface area (TPSA) is 120 Å². The zero-order valence-electron chi connectivity index (χ0n) is 17.0. The minimum Gasteiger partial charge on any atom is -0.354 e. The second-order valence-electron chi connectivity index (χ2n) is 7.83. The van der Waals surface area contributed by atoms with Gasteiger partial charge >= 0.3 is 6.03 Å². The molecule has 0 spiro atoms. The number of hydrogen-bond donors (Lipinski definition) is 4. The maximum atomic E-state index is 12.9. The Bertz CT molecular complexity index is 1510. The number of anilines is 1. The van der Waals surface area contributed by atoms with Crippen LogP contribution >= 0.6 is 0 Å². The molecule has 0 saturated carbocycles. The highest BCUT2D eigenvalue weighted by Crippen LogP contribution is 2.27. The van der Waals surface area contributed by atoms with Gasteiger partial charge in [-0.15, -0.1) is 0 Å². The molecule has 8 heteroatoms. The van der Waals surface area contributed by atoms with Crippen molar-refractivity contribution >= 4 is 45.3 Å². The monoisotopic (exact) mass is 426 g/mol. The SMILES string of the molecule is CC1(c2cccc(NC(=O)c3ccc4[nH]c5ccccc5c(=O)c4c3)c2)NC(=O)NC1=O. The Kier molecular flexibility index (Phi) is 4.30. The minimum absolute atomic E-state index is 0.151. The number of para-hydroxylation sites is 1. The van der Waals surface area contributed by atoms with Crippen LogP contribution in [0.4, 0.5) is 10.5 Å². The van der Waals surface area contributed by atoms with E-state index in [0.717, 1.165) is 5.52 Å². The molecule has 3 aromatic carbocycles. The molecule has 1 atom stereocenters. The van der Waals surface area contributed by atoms with E-state index < -0.39 is 23.4 Å². The normalized spacial score (nSPS) is 17.9. The van der Waals surface area contributed by atoms with E-state index in [0.29, 0.717) is 33.1 Å². The highest BCUT2D eigenvalue weighted by molar-refractivity contribution is 6.08. The van der Waals surface area contributed by atoms with Crippen LogP contribution < -0.4 is 21.4 Å². The van der Waals surface area contributed by atoms with E-state index in [1.54, 1.807) is 61.5 Å². The number of imide groups is 1. The van der Waals surface area contributed by atoms with Crippen LogP contribution in [0, 0.1) is 0 Å². The molecule has 4 amide bonds. The Hall–Kier alpha value is -4.46. The molecule has 2 heterocycles. The Morgan fingerprint density at radius 1 is 0.875 bits per heavy atom. The van der Waals surface area contributed by atoms with Gasteiger partial charge in [0.25, 0.3) is 11.8 Å². The first kappa shape index (κ1) is 19.5. The summed E-state index contributed by atoms with van der Waals surface area (Å²) in [5.74, 6) is -0.867. The Labute approximate surface area is 181 Å². The van der Waals surface area contributed by atoms with Crippen molar-refractivity contribution in [3.63, 3.8) is 0 Å². The highest BCUT2D eigenvalue weighted by Gasteiger charge is 2.43. The molecule has 158 valence electrons. The molecular formula is C24H18N4O4. The summed E-state index contributed by atoms with van der Waals surface area (Å²) in [6, 6.07) is 18.2. The van der Waals surface area contributed by atoms with E-state index in [9.17, 15) is 19.2 Å². The third kappa shape index (κ3) is 3.09. The fraction of sp³-hybridized carbons (Fsp3) is 0.0833. The zero-order valence-corrected chi connectivity index (χ0v) is 17.0. The Morgan fingerprint density at radius 3 is 2.44 bits per heavy atom. The van der Waals surface area contributed by atoms with Gasteiger partial charge in [-0.1, -0.05) is 24.3 Å². The summed E-state index contributed by atoms with van der Waals surface area (Å²) in [6.07, 6.45) is 0. The van der Waals surface area contributed by atoms with Crippen molar-refractivity contribution in [1.82, 2.24) is 15.6 Å². The number of nitrogens with one attached hydrogen (secondary N) is 4. The molecular weight excluding hydrogens is 408 g/mol. The summed E-state index contributed by atoms with van der Waals surface area (Å²) in [6.45, 7) is 1.59. The van der Waals surface area contributed by atoms with Crippen molar-refractivity contribution in [2.24, 2.45) is 0 Å². The second kappa shape index (κ2) is 7.05. The summed E-state index contributed by atoms with van der Waals surface area (Å²) in [7, 11) is 0. The maximum absolute atomic E-state index is 12.9. The van der Waals surface area contributed by atoms with Crippen LogP contribution in [0.2, 0.25) is 0 Å². The molecule has 0 aliphatic carbocycles. The molecule has 5 rings (SSSR count). The van der Waals surface area contributed by atoms with Gasteiger partial charge in [0, 0.05) is 33.1 Å². The van der Waals surface area contributed by atoms with Crippen molar-refractivity contribution in [3.05, 3.63) is 88.1 Å². The third-order valence-corrected chi connectivity index (χ3v) is 5.71. The molecule has 1 aromatic heterocycles. The average Bonchev–Trinajstić information content (AvgIpc) is 3.06. The number of pyridine rings is 1. The van der Waals surface area contributed by atoms with Crippen molar-refractivity contribution in [3.8, 4) is 0 Å². The van der Waals surface area contributed by atoms with Crippen LogP contribution in [0.3, 0.4) is 0 Å². The van der Waals surface area contributed by atoms with Crippen LogP contribution in [0.15, 0.2) is 71.5 Å². The van der Waals surface area contributed by atoms with Gasteiger partial charge < -0.3 is 15.6 Å². The van der Waals surface area contributed by atoms with Crippen LogP contribution in [-0.4, -0.2) is 22.8 Å². The first-order valence-electron chi connectivity index (χ1n) is 9.95. The number of benzene rings is 3. The first-order valence-corrected chi connectivity index (χ1v) is 9.95. The number of fused-ring (bicyclic) bond motifs is 2.